The van der Waals surface area contributed by atoms with E-state index in [-0.39, 0.29) is 5.84 Å². The topological polar surface area (TPSA) is 102 Å². The Morgan fingerprint density at radius 1 is 1.12 bits per heavy atom. The lowest BCUT2D eigenvalue weighted by Gasteiger charge is -2.27. The standard InChI is InChI=1S/C18H16N4O4/c1-12-5-2-6-13(11-12)21-17(15-8-4-10-26-15)19-16(14-7-3-9-25-14)18(20-21)22(23)24/h2-11,16-17,19H,1H3/p+1/t16-,17-/m0/s1. The number of benzene rings is 1. The minimum Gasteiger partial charge on any atom is -0.462 e. The second kappa shape index (κ2) is 6.49. The van der Waals surface area contributed by atoms with Crippen LogP contribution in [0.15, 0.2) is 75.0 Å². The van der Waals surface area contributed by atoms with E-state index in [0.717, 1.165) is 11.3 Å². The average Bonchev–Trinajstić information content (AvgIpc) is 3.34. The van der Waals surface area contributed by atoms with Gasteiger partial charge >= 0.3 is 5.84 Å². The molecule has 2 atom stereocenters. The van der Waals surface area contributed by atoms with E-state index < -0.39 is 17.1 Å². The SMILES string of the molecule is Cc1cccc(N2N=C([N+](=O)[O-])[C@H](c3ccco3)[NH2+][C@@H]2c2ccco2)c1. The zero-order valence-corrected chi connectivity index (χ0v) is 14.0. The van der Waals surface area contributed by atoms with Crippen LogP contribution in [-0.2, 0) is 0 Å². The number of hydrazone groups is 1. The Morgan fingerprint density at radius 2 is 1.85 bits per heavy atom. The van der Waals surface area contributed by atoms with Crippen LogP contribution in [0.2, 0.25) is 0 Å². The van der Waals surface area contributed by atoms with Gasteiger partial charge in [-0.1, -0.05) is 12.1 Å². The van der Waals surface area contributed by atoms with Crippen molar-refractivity contribution in [3.05, 3.63) is 88.3 Å². The quantitative estimate of drug-likeness (QED) is 0.576. The summed E-state index contributed by atoms with van der Waals surface area (Å²) in [4.78, 5) is 11.2. The van der Waals surface area contributed by atoms with Gasteiger partial charge < -0.3 is 18.9 Å². The van der Waals surface area contributed by atoms with Gasteiger partial charge in [-0.2, -0.15) is 0 Å². The fourth-order valence-corrected chi connectivity index (χ4v) is 3.09. The minimum atomic E-state index is -0.670. The number of rotatable bonds is 3. The van der Waals surface area contributed by atoms with Gasteiger partial charge in [0.2, 0.25) is 0 Å². The Morgan fingerprint density at radius 3 is 2.46 bits per heavy atom. The number of aryl methyl sites for hydroxylation is 1. The van der Waals surface area contributed by atoms with Gasteiger partial charge in [-0.3, -0.25) is 5.32 Å². The predicted octanol–water partition coefficient (Wildman–Crippen LogP) is 2.59. The number of anilines is 1. The molecule has 1 aliphatic heterocycles. The van der Waals surface area contributed by atoms with Crippen LogP contribution < -0.4 is 10.3 Å². The van der Waals surface area contributed by atoms with Crippen molar-refractivity contribution in [1.82, 2.24) is 0 Å². The maximum Gasteiger partial charge on any atom is 0.430 e. The van der Waals surface area contributed by atoms with Crippen molar-refractivity contribution in [3.8, 4) is 0 Å². The highest BCUT2D eigenvalue weighted by Gasteiger charge is 2.47. The van der Waals surface area contributed by atoms with Crippen molar-refractivity contribution < 1.29 is 19.1 Å². The number of nitrogens with zero attached hydrogens (tertiary/aromatic N) is 3. The molecule has 3 aromatic rings. The summed E-state index contributed by atoms with van der Waals surface area (Å²) in [6.45, 7) is 1.96. The molecular weight excluding hydrogens is 336 g/mol. The zero-order chi connectivity index (χ0) is 18.1. The molecule has 0 fully saturated rings. The summed E-state index contributed by atoms with van der Waals surface area (Å²) in [5.74, 6) is 0.930. The molecule has 2 N–H and O–H groups in total. The molecule has 132 valence electrons. The molecule has 0 saturated heterocycles. The fourth-order valence-electron chi connectivity index (χ4n) is 3.09. The smallest absolute Gasteiger partial charge is 0.430 e. The van der Waals surface area contributed by atoms with Gasteiger partial charge in [0.05, 0.1) is 23.3 Å². The first-order valence-electron chi connectivity index (χ1n) is 8.14. The number of hydrogen-bond acceptors (Lipinski definition) is 6. The number of nitro groups is 1. The summed E-state index contributed by atoms with van der Waals surface area (Å²) < 4.78 is 11.0. The molecule has 0 spiro atoms. The van der Waals surface area contributed by atoms with E-state index in [0.29, 0.717) is 11.5 Å². The van der Waals surface area contributed by atoms with E-state index in [1.165, 1.54) is 6.26 Å². The summed E-state index contributed by atoms with van der Waals surface area (Å²) in [6.07, 6.45) is 2.67. The molecule has 0 amide bonds. The first kappa shape index (κ1) is 16.1. The van der Waals surface area contributed by atoms with Gasteiger partial charge in [0.1, 0.15) is 0 Å². The lowest BCUT2D eigenvalue weighted by molar-refractivity contribution is -0.732. The molecule has 1 aromatic carbocycles. The highest BCUT2D eigenvalue weighted by atomic mass is 16.6. The van der Waals surface area contributed by atoms with E-state index in [4.69, 9.17) is 8.83 Å². The van der Waals surface area contributed by atoms with Crippen molar-refractivity contribution in [2.45, 2.75) is 19.1 Å². The summed E-state index contributed by atoms with van der Waals surface area (Å²) >= 11 is 0. The van der Waals surface area contributed by atoms with Crippen molar-refractivity contribution >= 4 is 11.5 Å². The Hall–Kier alpha value is -3.39. The number of quaternary nitrogens is 1. The molecular formula is C18H17N4O4+. The van der Waals surface area contributed by atoms with Crippen LogP contribution in [0.4, 0.5) is 5.69 Å². The molecule has 8 heteroatoms. The molecule has 0 bridgehead atoms. The third-order valence-electron chi connectivity index (χ3n) is 4.26. The third-order valence-corrected chi connectivity index (χ3v) is 4.26. The molecule has 8 nitrogen and oxygen atoms in total. The highest BCUT2D eigenvalue weighted by Crippen LogP contribution is 2.29. The molecule has 0 radical (unpaired) electrons. The van der Waals surface area contributed by atoms with Gasteiger partial charge in [-0.05, 0) is 53.8 Å². The summed E-state index contributed by atoms with van der Waals surface area (Å²) in [5.41, 5.74) is 1.78. The molecule has 0 saturated carbocycles. The monoisotopic (exact) mass is 353 g/mol. The Labute approximate surface area is 148 Å². The second-order valence-corrected chi connectivity index (χ2v) is 6.04. The molecule has 26 heavy (non-hydrogen) atoms. The summed E-state index contributed by atoms with van der Waals surface area (Å²) in [7, 11) is 0. The van der Waals surface area contributed by atoms with Gasteiger partial charge in [0.15, 0.2) is 11.5 Å². The van der Waals surface area contributed by atoms with Crippen LogP contribution >= 0.6 is 0 Å². The molecule has 2 aromatic heterocycles. The van der Waals surface area contributed by atoms with Crippen molar-refractivity contribution in [3.63, 3.8) is 0 Å². The molecule has 1 aliphatic rings. The summed E-state index contributed by atoms with van der Waals surface area (Å²) in [5, 5.41) is 19.5. The first-order valence-corrected chi connectivity index (χ1v) is 8.14. The Kier molecular flexibility index (Phi) is 4.02. The van der Waals surface area contributed by atoms with E-state index >= 15 is 0 Å². The maximum atomic E-state index is 11.7. The van der Waals surface area contributed by atoms with Crippen LogP contribution in [0.25, 0.3) is 0 Å². The van der Waals surface area contributed by atoms with Crippen LogP contribution in [0.5, 0.6) is 0 Å². The van der Waals surface area contributed by atoms with E-state index in [1.807, 2.05) is 42.6 Å². The van der Waals surface area contributed by atoms with Crippen LogP contribution in [-0.4, -0.2) is 10.8 Å². The van der Waals surface area contributed by atoms with E-state index in [1.54, 1.807) is 29.5 Å². The summed E-state index contributed by atoms with van der Waals surface area (Å²) in [6, 6.07) is 14.0. The average molecular weight is 353 g/mol. The number of nitrogens with two attached hydrogens (primary N) is 1. The second-order valence-electron chi connectivity index (χ2n) is 6.04. The van der Waals surface area contributed by atoms with Crippen LogP contribution in [0, 0.1) is 17.0 Å². The Balaban J connectivity index is 1.84. The zero-order valence-electron chi connectivity index (χ0n) is 14.0. The molecule has 4 rings (SSSR count). The Bertz CT molecular complexity index is 934. The lowest BCUT2D eigenvalue weighted by Crippen LogP contribution is -2.92. The van der Waals surface area contributed by atoms with Crippen molar-refractivity contribution in [2.24, 2.45) is 5.10 Å². The van der Waals surface area contributed by atoms with Crippen molar-refractivity contribution in [1.29, 1.82) is 0 Å². The minimum absolute atomic E-state index is 0.190. The number of amidine groups is 1. The van der Waals surface area contributed by atoms with Crippen LogP contribution in [0.1, 0.15) is 29.3 Å². The van der Waals surface area contributed by atoms with Crippen molar-refractivity contribution in [2.75, 3.05) is 5.01 Å². The number of hydrogen-bond donors (Lipinski definition) is 1. The predicted molar refractivity (Wildman–Crippen MR) is 92.9 cm³/mol. The third kappa shape index (κ3) is 2.86. The molecule has 3 heterocycles. The first-order chi connectivity index (χ1) is 12.6. The molecule has 0 aliphatic carbocycles. The highest BCUT2D eigenvalue weighted by molar-refractivity contribution is 5.81. The maximum absolute atomic E-state index is 11.7. The van der Waals surface area contributed by atoms with E-state index in [2.05, 4.69) is 5.10 Å². The van der Waals surface area contributed by atoms with Crippen LogP contribution in [0.3, 0.4) is 0 Å². The molecule has 0 unspecified atom stereocenters. The normalized spacial score (nSPS) is 20.0. The van der Waals surface area contributed by atoms with Gasteiger partial charge in [-0.15, -0.1) is 5.01 Å². The fraction of sp³-hybridized carbons (Fsp3) is 0.167. The van der Waals surface area contributed by atoms with Gasteiger partial charge in [0, 0.05) is 0 Å². The number of furan rings is 2. The van der Waals surface area contributed by atoms with E-state index in [9.17, 15) is 10.1 Å². The largest absolute Gasteiger partial charge is 0.462 e. The van der Waals surface area contributed by atoms with Gasteiger partial charge in [-0.25, -0.2) is 0 Å². The lowest BCUT2D eigenvalue weighted by atomic mass is 10.1. The van der Waals surface area contributed by atoms with Gasteiger partial charge in [0.25, 0.3) is 12.2 Å².